The molecule has 0 aromatic carbocycles. The second-order valence-corrected chi connectivity index (χ2v) is 7.83. The van der Waals surface area contributed by atoms with Gasteiger partial charge in [0.25, 0.3) is 0 Å². The largest absolute Gasteiger partial charge is 0.462 e. The van der Waals surface area contributed by atoms with Gasteiger partial charge < -0.3 is 9.84 Å². The molecule has 24 heavy (non-hydrogen) atoms. The number of carbonyl (C=O) groups is 1. The van der Waals surface area contributed by atoms with Crippen LogP contribution < -0.4 is 0 Å². The molecule has 0 radical (unpaired) electrons. The van der Waals surface area contributed by atoms with Crippen LogP contribution >= 0.6 is 11.8 Å². The van der Waals surface area contributed by atoms with Gasteiger partial charge in [-0.2, -0.15) is 11.8 Å². The fraction of sp³-hybridized carbons (Fsp3) is 0.950. The zero-order chi connectivity index (χ0) is 17.9. The smallest absolute Gasteiger partial charge is 0.306 e. The van der Waals surface area contributed by atoms with Gasteiger partial charge in [0, 0.05) is 11.5 Å². The predicted octanol–water partition coefficient (Wildman–Crippen LogP) is 5.73. The summed E-state index contributed by atoms with van der Waals surface area (Å²) in [5.41, 5.74) is 0. The molecule has 0 fully saturated rings. The van der Waals surface area contributed by atoms with Gasteiger partial charge in [-0.05, 0) is 25.7 Å². The van der Waals surface area contributed by atoms with Crippen LogP contribution in [0.3, 0.4) is 0 Å². The van der Waals surface area contributed by atoms with Crippen molar-refractivity contribution in [2.24, 2.45) is 0 Å². The van der Waals surface area contributed by atoms with E-state index in [0.717, 1.165) is 18.6 Å². The maximum Gasteiger partial charge on any atom is 0.306 e. The molecule has 1 N–H and O–H groups in total. The van der Waals surface area contributed by atoms with Gasteiger partial charge in [-0.15, -0.1) is 0 Å². The Kier molecular flexibility index (Phi) is 18.9. The highest BCUT2D eigenvalue weighted by Crippen LogP contribution is 2.17. The van der Waals surface area contributed by atoms with E-state index in [-0.39, 0.29) is 18.7 Å². The number of thioether (sulfide) groups is 1. The number of unbranched alkanes of at least 4 members (excludes halogenated alkanes) is 8. The topological polar surface area (TPSA) is 46.5 Å². The molecule has 0 aliphatic heterocycles. The van der Waals surface area contributed by atoms with Crippen molar-refractivity contribution in [1.82, 2.24) is 0 Å². The molecule has 0 spiro atoms. The van der Waals surface area contributed by atoms with Gasteiger partial charge in [-0.1, -0.05) is 65.2 Å². The molecule has 0 saturated heterocycles. The van der Waals surface area contributed by atoms with Crippen LogP contribution in [-0.2, 0) is 9.53 Å². The second kappa shape index (κ2) is 19.1. The summed E-state index contributed by atoms with van der Waals surface area (Å²) in [6.07, 6.45) is 15.2. The van der Waals surface area contributed by atoms with Gasteiger partial charge in [0.2, 0.25) is 0 Å². The number of hydrogen-bond donors (Lipinski definition) is 1. The van der Waals surface area contributed by atoms with Crippen LogP contribution in [0.25, 0.3) is 0 Å². The van der Waals surface area contributed by atoms with Crippen LogP contribution in [0.15, 0.2) is 0 Å². The van der Waals surface area contributed by atoms with Crippen LogP contribution in [0.5, 0.6) is 0 Å². The zero-order valence-corrected chi connectivity index (χ0v) is 16.9. The Balaban J connectivity index is 3.97. The third-order valence-corrected chi connectivity index (χ3v) is 5.21. The maximum absolute atomic E-state index is 12.0. The quantitative estimate of drug-likeness (QED) is 0.250. The first kappa shape index (κ1) is 23.8. The summed E-state index contributed by atoms with van der Waals surface area (Å²) in [6, 6.07) is 0. The summed E-state index contributed by atoms with van der Waals surface area (Å²) in [7, 11) is 0. The monoisotopic (exact) mass is 360 g/mol. The minimum absolute atomic E-state index is 0.0624. The van der Waals surface area contributed by atoms with Crippen molar-refractivity contribution < 1.29 is 14.6 Å². The Morgan fingerprint density at radius 2 is 1.42 bits per heavy atom. The lowest BCUT2D eigenvalue weighted by Gasteiger charge is -2.18. The van der Waals surface area contributed by atoms with Crippen LogP contribution in [0.4, 0.5) is 0 Å². The number of ether oxygens (including phenoxy) is 1. The van der Waals surface area contributed by atoms with Gasteiger partial charge in [0.1, 0.15) is 6.10 Å². The fourth-order valence-corrected chi connectivity index (χ4v) is 3.42. The summed E-state index contributed by atoms with van der Waals surface area (Å²) >= 11 is 1.61. The van der Waals surface area contributed by atoms with Crippen molar-refractivity contribution in [3.63, 3.8) is 0 Å². The molecule has 144 valence electrons. The van der Waals surface area contributed by atoms with E-state index in [4.69, 9.17) is 9.84 Å². The van der Waals surface area contributed by atoms with E-state index in [9.17, 15) is 4.79 Å². The number of rotatable bonds is 18. The summed E-state index contributed by atoms with van der Waals surface area (Å²) in [4.78, 5) is 12.0. The van der Waals surface area contributed by atoms with Gasteiger partial charge >= 0.3 is 5.97 Å². The van der Waals surface area contributed by atoms with Crippen molar-refractivity contribution >= 4 is 17.7 Å². The van der Waals surface area contributed by atoms with Crippen LogP contribution in [-0.4, -0.2) is 35.3 Å². The highest BCUT2D eigenvalue weighted by atomic mass is 32.2. The lowest BCUT2D eigenvalue weighted by atomic mass is 10.0. The lowest BCUT2D eigenvalue weighted by molar-refractivity contribution is -0.149. The number of hydrogen-bond acceptors (Lipinski definition) is 4. The number of carbonyl (C=O) groups excluding carboxylic acids is 1. The average Bonchev–Trinajstić information content (AvgIpc) is 2.58. The molecule has 0 aliphatic carbocycles. The molecule has 3 nitrogen and oxygen atoms in total. The molecule has 0 aliphatic rings. The highest BCUT2D eigenvalue weighted by molar-refractivity contribution is 7.99. The molecule has 0 unspecified atom stereocenters. The molecule has 0 rings (SSSR count). The van der Waals surface area contributed by atoms with E-state index >= 15 is 0 Å². The standard InChI is InChI=1S/C20H40O3S/c1-3-5-7-9-11-13-19(14-12-10-8-6-4-2)23-20(22)15-17-24-18-16-21/h19,21H,3-18H2,1-2H3. The summed E-state index contributed by atoms with van der Waals surface area (Å²) in [5, 5.41) is 8.76. The Hall–Kier alpha value is -0.220. The molecule has 0 saturated carbocycles. The van der Waals surface area contributed by atoms with E-state index in [2.05, 4.69) is 13.8 Å². The van der Waals surface area contributed by atoms with E-state index in [0.29, 0.717) is 12.2 Å². The number of aliphatic hydroxyl groups excluding tert-OH is 1. The molecule has 0 aromatic heterocycles. The Bertz CT molecular complexity index is 258. The molecule has 0 bridgehead atoms. The van der Waals surface area contributed by atoms with Crippen molar-refractivity contribution in [3.8, 4) is 0 Å². The SMILES string of the molecule is CCCCCCCC(CCCCCCC)OC(=O)CCSCCO. The molecule has 0 atom stereocenters. The second-order valence-electron chi connectivity index (χ2n) is 6.60. The summed E-state index contributed by atoms with van der Waals surface area (Å²) in [6.45, 7) is 4.64. The fourth-order valence-electron chi connectivity index (χ4n) is 2.78. The Morgan fingerprint density at radius 3 is 1.92 bits per heavy atom. The maximum atomic E-state index is 12.0. The molecular weight excluding hydrogens is 320 g/mol. The molecule has 4 heteroatoms. The van der Waals surface area contributed by atoms with Gasteiger partial charge in [-0.3, -0.25) is 4.79 Å². The van der Waals surface area contributed by atoms with Crippen molar-refractivity contribution in [1.29, 1.82) is 0 Å². The van der Waals surface area contributed by atoms with Gasteiger partial charge in [0.05, 0.1) is 13.0 Å². The van der Waals surface area contributed by atoms with Gasteiger partial charge in [-0.25, -0.2) is 0 Å². The minimum atomic E-state index is -0.0624. The first-order valence-electron chi connectivity index (χ1n) is 10.1. The molecule has 0 amide bonds. The third-order valence-electron chi connectivity index (χ3n) is 4.24. The first-order valence-corrected chi connectivity index (χ1v) is 11.3. The summed E-state index contributed by atoms with van der Waals surface area (Å²) in [5.74, 6) is 1.39. The third kappa shape index (κ3) is 16.6. The van der Waals surface area contributed by atoms with Crippen molar-refractivity contribution in [2.75, 3.05) is 18.1 Å². The average molecular weight is 361 g/mol. The van der Waals surface area contributed by atoms with Crippen molar-refractivity contribution in [2.45, 2.75) is 103 Å². The van der Waals surface area contributed by atoms with Crippen molar-refractivity contribution in [3.05, 3.63) is 0 Å². The zero-order valence-electron chi connectivity index (χ0n) is 16.1. The molecular formula is C20H40O3S. The minimum Gasteiger partial charge on any atom is -0.462 e. The predicted molar refractivity (Wildman–Crippen MR) is 106 cm³/mol. The number of esters is 1. The van der Waals surface area contributed by atoms with E-state index in [1.54, 1.807) is 11.8 Å². The number of aliphatic hydroxyl groups is 1. The van der Waals surface area contributed by atoms with Crippen LogP contribution in [0.1, 0.15) is 97.3 Å². The van der Waals surface area contributed by atoms with E-state index < -0.39 is 0 Å². The van der Waals surface area contributed by atoms with Gasteiger partial charge in [0.15, 0.2) is 0 Å². The van der Waals surface area contributed by atoms with E-state index in [1.165, 1.54) is 64.2 Å². The van der Waals surface area contributed by atoms with E-state index in [1.807, 2.05) is 0 Å². The highest BCUT2D eigenvalue weighted by Gasteiger charge is 2.14. The Morgan fingerprint density at radius 1 is 0.875 bits per heavy atom. The Labute approximate surface area is 154 Å². The summed E-state index contributed by atoms with van der Waals surface area (Å²) < 4.78 is 5.73. The molecule has 0 aromatic rings. The lowest BCUT2D eigenvalue weighted by Crippen LogP contribution is -2.19. The normalized spacial score (nSPS) is 11.2. The van der Waals surface area contributed by atoms with Crippen LogP contribution in [0, 0.1) is 0 Å². The first-order chi connectivity index (χ1) is 11.7. The molecule has 0 heterocycles. The van der Waals surface area contributed by atoms with Crippen LogP contribution in [0.2, 0.25) is 0 Å².